The Bertz CT molecular complexity index is 369. The molecule has 0 aromatic carbocycles. The van der Waals surface area contributed by atoms with Gasteiger partial charge in [0.1, 0.15) is 0 Å². The van der Waals surface area contributed by atoms with Crippen LogP contribution in [0.5, 0.6) is 0 Å². The van der Waals surface area contributed by atoms with Crippen LogP contribution in [0.1, 0.15) is 19.3 Å². The zero-order chi connectivity index (χ0) is 14.7. The Kier molecular flexibility index (Phi) is 1.91. The lowest BCUT2D eigenvalue weighted by atomic mass is 9.47. The molecule has 0 atom stereocenters. The summed E-state index contributed by atoms with van der Waals surface area (Å²) in [7, 11) is 0. The molecule has 0 spiro atoms. The molecule has 0 radical (unpaired) electrons. The fraction of sp³-hybridized carbons (Fsp3) is 1.00. The van der Waals surface area contributed by atoms with Gasteiger partial charge >= 0.3 is 17.8 Å². The van der Waals surface area contributed by atoms with Crippen LogP contribution < -0.4 is 0 Å². The van der Waals surface area contributed by atoms with Gasteiger partial charge in [-0.05, 0) is 25.2 Å². The summed E-state index contributed by atoms with van der Waals surface area (Å²) in [6, 6.07) is 0. The Labute approximate surface area is 100 Å². The Morgan fingerprint density at radius 2 is 0.684 bits per heavy atom. The first-order valence-corrected chi connectivity index (χ1v) is 5.49. The zero-order valence-corrected chi connectivity index (χ0v) is 9.10. The molecule has 19 heavy (non-hydrogen) atoms. The third-order valence-corrected chi connectivity index (χ3v) is 4.70. The van der Waals surface area contributed by atoms with Gasteiger partial charge in [-0.3, -0.25) is 0 Å². The molecule has 4 aliphatic rings. The van der Waals surface area contributed by atoms with Crippen molar-refractivity contribution < 1.29 is 39.5 Å². The average Bonchev–Trinajstić information content (AvgIpc) is 2.22. The summed E-state index contributed by atoms with van der Waals surface area (Å²) >= 11 is 0. The van der Waals surface area contributed by atoms with E-state index < -0.39 is 60.0 Å². The summed E-state index contributed by atoms with van der Waals surface area (Å²) in [4.78, 5) is 0. The first kappa shape index (κ1) is 13.4. The van der Waals surface area contributed by atoms with E-state index in [1.807, 2.05) is 0 Å². The Morgan fingerprint density at radius 1 is 0.474 bits per heavy atom. The third-order valence-electron chi connectivity index (χ3n) is 4.70. The monoisotopic (exact) mass is 298 g/mol. The molecule has 0 heterocycles. The van der Waals surface area contributed by atoms with E-state index in [0.717, 1.165) is 0 Å². The minimum atomic E-state index is -5.65. The maximum absolute atomic E-state index is 14.0. The van der Waals surface area contributed by atoms with Crippen molar-refractivity contribution in [3.63, 3.8) is 0 Å². The molecule has 0 amide bonds. The molecule has 4 saturated carbocycles. The molecule has 0 N–H and O–H groups in total. The first-order chi connectivity index (χ1) is 8.29. The average molecular weight is 298 g/mol. The topological polar surface area (TPSA) is 0 Å². The van der Waals surface area contributed by atoms with Gasteiger partial charge < -0.3 is 0 Å². The van der Waals surface area contributed by atoms with Gasteiger partial charge in [0.25, 0.3) is 0 Å². The highest BCUT2D eigenvalue weighted by atomic mass is 19.3. The second-order valence-electron chi connectivity index (χ2n) is 5.61. The molecule has 110 valence electrons. The van der Waals surface area contributed by atoms with Gasteiger partial charge in [0, 0.05) is 0 Å². The maximum Gasteiger partial charge on any atom is 0.326 e. The van der Waals surface area contributed by atoms with Gasteiger partial charge in [-0.2, -0.15) is 26.3 Å². The van der Waals surface area contributed by atoms with Crippen LogP contribution in [0.25, 0.3) is 0 Å². The fourth-order valence-electron chi connectivity index (χ4n) is 3.71. The second kappa shape index (κ2) is 2.72. The summed E-state index contributed by atoms with van der Waals surface area (Å²) in [5.41, 5.74) is -14.8. The zero-order valence-electron chi connectivity index (χ0n) is 9.10. The summed E-state index contributed by atoms with van der Waals surface area (Å²) in [6.45, 7) is 0. The standard InChI is InChI=1S/C10H7F9/c11-5-1-4-2-6(12,8(5,14)15)10(18,19)7(13,3-4)9(5,16)17/h4H,1-3H2. The first-order valence-electron chi connectivity index (χ1n) is 5.49. The molecule has 4 aliphatic carbocycles. The molecule has 0 saturated heterocycles. The van der Waals surface area contributed by atoms with Crippen molar-refractivity contribution in [2.45, 2.75) is 54.0 Å². The van der Waals surface area contributed by atoms with E-state index in [2.05, 4.69) is 0 Å². The van der Waals surface area contributed by atoms with Crippen molar-refractivity contribution in [2.75, 3.05) is 0 Å². The van der Waals surface area contributed by atoms with E-state index in [1.165, 1.54) is 0 Å². The van der Waals surface area contributed by atoms with Crippen LogP contribution in [0.15, 0.2) is 0 Å². The molecule has 4 fully saturated rings. The molecule has 0 aliphatic heterocycles. The van der Waals surface area contributed by atoms with Crippen LogP contribution >= 0.6 is 0 Å². The largest absolute Gasteiger partial charge is 0.326 e. The van der Waals surface area contributed by atoms with Gasteiger partial charge in [0.2, 0.25) is 17.0 Å². The highest BCUT2D eigenvalue weighted by Crippen LogP contribution is 2.78. The lowest BCUT2D eigenvalue weighted by Crippen LogP contribution is -2.90. The second-order valence-corrected chi connectivity index (χ2v) is 5.61. The molecular weight excluding hydrogens is 291 g/mol. The number of hydrogen-bond acceptors (Lipinski definition) is 0. The minimum Gasteiger partial charge on any atom is -0.230 e. The quantitative estimate of drug-likeness (QED) is 0.596. The van der Waals surface area contributed by atoms with Crippen molar-refractivity contribution in [1.82, 2.24) is 0 Å². The Hall–Kier alpha value is -0.630. The summed E-state index contributed by atoms with van der Waals surface area (Å²) in [6.07, 6.45) is -4.58. The van der Waals surface area contributed by atoms with E-state index in [0.29, 0.717) is 0 Å². The van der Waals surface area contributed by atoms with Crippen molar-refractivity contribution in [2.24, 2.45) is 5.92 Å². The predicted octanol–water partition coefficient (Wildman–Crippen LogP) is 3.84. The van der Waals surface area contributed by atoms with Crippen LogP contribution in [0.2, 0.25) is 0 Å². The van der Waals surface area contributed by atoms with Crippen LogP contribution in [-0.2, 0) is 0 Å². The lowest BCUT2D eigenvalue weighted by Gasteiger charge is -2.66. The number of alkyl halides is 9. The van der Waals surface area contributed by atoms with Crippen LogP contribution in [-0.4, -0.2) is 34.8 Å². The van der Waals surface area contributed by atoms with E-state index in [4.69, 9.17) is 0 Å². The van der Waals surface area contributed by atoms with Crippen molar-refractivity contribution in [1.29, 1.82) is 0 Å². The van der Waals surface area contributed by atoms with Crippen LogP contribution in [0.4, 0.5) is 39.5 Å². The highest BCUT2D eigenvalue weighted by molar-refractivity contribution is 5.37. The predicted molar refractivity (Wildman–Crippen MR) is 43.7 cm³/mol. The van der Waals surface area contributed by atoms with E-state index in [-0.39, 0.29) is 0 Å². The van der Waals surface area contributed by atoms with Crippen molar-refractivity contribution >= 4 is 0 Å². The molecule has 0 aromatic heterocycles. The number of rotatable bonds is 0. The molecule has 0 aromatic rings. The Morgan fingerprint density at radius 3 is 0.895 bits per heavy atom. The normalized spacial score (nSPS) is 56.4. The molecule has 9 heteroatoms. The van der Waals surface area contributed by atoms with E-state index >= 15 is 0 Å². The smallest absolute Gasteiger partial charge is 0.230 e. The van der Waals surface area contributed by atoms with Crippen molar-refractivity contribution in [3.05, 3.63) is 0 Å². The molecule has 0 nitrogen and oxygen atoms in total. The van der Waals surface area contributed by atoms with E-state index in [1.54, 1.807) is 0 Å². The molecule has 4 bridgehead atoms. The van der Waals surface area contributed by atoms with Gasteiger partial charge in [0.05, 0.1) is 0 Å². The van der Waals surface area contributed by atoms with Crippen molar-refractivity contribution in [3.8, 4) is 0 Å². The minimum absolute atomic E-state index is 1.53. The number of halogens is 9. The van der Waals surface area contributed by atoms with Gasteiger partial charge in [-0.1, -0.05) is 0 Å². The summed E-state index contributed by atoms with van der Waals surface area (Å²) in [5, 5.41) is 0. The SMILES string of the molecule is FC1(F)C2(F)CC3CC1(F)C(F)(F)C(F)(C3)C2(F)F. The number of hydrogen-bond donors (Lipinski definition) is 0. The third kappa shape index (κ3) is 0.878. The van der Waals surface area contributed by atoms with Crippen LogP contribution in [0.3, 0.4) is 0 Å². The fourth-order valence-corrected chi connectivity index (χ4v) is 3.71. The molecular formula is C10H7F9. The summed E-state index contributed by atoms with van der Waals surface area (Å²) in [5.74, 6) is -18.6. The van der Waals surface area contributed by atoms with Gasteiger partial charge in [0.15, 0.2) is 0 Å². The van der Waals surface area contributed by atoms with Gasteiger partial charge in [-0.25, -0.2) is 13.2 Å². The van der Waals surface area contributed by atoms with Crippen LogP contribution in [0, 0.1) is 5.92 Å². The molecule has 0 unspecified atom stereocenters. The highest BCUT2D eigenvalue weighted by Gasteiger charge is 3.01. The lowest BCUT2D eigenvalue weighted by molar-refractivity contribution is -0.473. The Balaban J connectivity index is 2.36. The van der Waals surface area contributed by atoms with E-state index in [9.17, 15) is 39.5 Å². The molecule has 4 rings (SSSR count). The maximum atomic E-state index is 14.0. The summed E-state index contributed by atoms with van der Waals surface area (Å²) < 4.78 is 123. The van der Waals surface area contributed by atoms with Gasteiger partial charge in [-0.15, -0.1) is 0 Å².